The zero-order chi connectivity index (χ0) is 25.1. The van der Waals surface area contributed by atoms with Crippen LogP contribution in [-0.4, -0.2) is 9.97 Å². The SMILES string of the molecule is CCCCCCCCCCCCCCCCCCCCc1ccnc(-c2ccc(F)c(F)c2F)n1. The van der Waals surface area contributed by atoms with Crippen LogP contribution in [0.25, 0.3) is 11.4 Å². The van der Waals surface area contributed by atoms with E-state index in [1.165, 1.54) is 109 Å². The number of hydrogen-bond acceptors (Lipinski definition) is 2. The van der Waals surface area contributed by atoms with Gasteiger partial charge in [0.05, 0.1) is 5.56 Å². The number of aryl methyl sites for hydroxylation is 1. The van der Waals surface area contributed by atoms with Crippen molar-refractivity contribution in [2.45, 2.75) is 129 Å². The Balaban J connectivity index is 1.45. The lowest BCUT2D eigenvalue weighted by molar-refractivity contribution is 0.448. The molecule has 0 bridgehead atoms. The Bertz CT molecular complexity index is 825. The highest BCUT2D eigenvalue weighted by molar-refractivity contribution is 5.56. The van der Waals surface area contributed by atoms with E-state index in [1.54, 1.807) is 12.3 Å². The van der Waals surface area contributed by atoms with Crippen LogP contribution in [-0.2, 0) is 6.42 Å². The van der Waals surface area contributed by atoms with Gasteiger partial charge < -0.3 is 0 Å². The molecule has 2 nitrogen and oxygen atoms in total. The second kappa shape index (κ2) is 18.4. The van der Waals surface area contributed by atoms with E-state index >= 15 is 0 Å². The van der Waals surface area contributed by atoms with Crippen LogP contribution in [0.1, 0.15) is 128 Å². The van der Waals surface area contributed by atoms with Crippen molar-refractivity contribution < 1.29 is 13.2 Å². The van der Waals surface area contributed by atoms with E-state index in [2.05, 4.69) is 16.9 Å². The molecule has 2 rings (SSSR count). The Hall–Kier alpha value is -1.91. The quantitative estimate of drug-likeness (QED) is 0.136. The molecule has 0 radical (unpaired) electrons. The largest absolute Gasteiger partial charge is 0.236 e. The van der Waals surface area contributed by atoms with Gasteiger partial charge >= 0.3 is 0 Å². The van der Waals surface area contributed by atoms with Gasteiger partial charge in [-0.2, -0.15) is 0 Å². The summed E-state index contributed by atoms with van der Waals surface area (Å²) in [5.41, 5.74) is 0.694. The summed E-state index contributed by atoms with van der Waals surface area (Å²) in [7, 11) is 0. The van der Waals surface area contributed by atoms with Crippen LogP contribution in [0.5, 0.6) is 0 Å². The van der Waals surface area contributed by atoms with Crippen molar-refractivity contribution in [2.75, 3.05) is 0 Å². The Labute approximate surface area is 211 Å². The molecule has 0 aliphatic carbocycles. The summed E-state index contributed by atoms with van der Waals surface area (Å²) in [6, 6.07) is 3.89. The predicted octanol–water partition coefficient (Wildman–Crippen LogP) is 10.1. The first-order chi connectivity index (χ1) is 17.1. The number of benzene rings is 1. The number of aromatic nitrogens is 2. The molecule has 5 heteroatoms. The molecule has 0 N–H and O–H groups in total. The fraction of sp³-hybridized carbons (Fsp3) is 0.667. The monoisotopic (exact) mass is 490 g/mol. The first-order valence-electron chi connectivity index (χ1n) is 14.1. The van der Waals surface area contributed by atoms with E-state index in [-0.39, 0.29) is 11.4 Å². The summed E-state index contributed by atoms with van der Waals surface area (Å²) < 4.78 is 40.7. The molecular weight excluding hydrogens is 445 g/mol. The van der Waals surface area contributed by atoms with Crippen molar-refractivity contribution in [3.8, 4) is 11.4 Å². The minimum absolute atomic E-state index is 0.0984. The van der Waals surface area contributed by atoms with E-state index < -0.39 is 17.5 Å². The highest BCUT2D eigenvalue weighted by Gasteiger charge is 2.16. The highest BCUT2D eigenvalue weighted by atomic mass is 19.2. The maximum atomic E-state index is 14.0. The van der Waals surface area contributed by atoms with Crippen LogP contribution in [0.3, 0.4) is 0 Å². The van der Waals surface area contributed by atoms with Crippen molar-refractivity contribution in [1.29, 1.82) is 0 Å². The van der Waals surface area contributed by atoms with Crippen LogP contribution >= 0.6 is 0 Å². The molecule has 2 aromatic rings. The van der Waals surface area contributed by atoms with Gasteiger partial charge in [-0.15, -0.1) is 0 Å². The summed E-state index contributed by atoms with van der Waals surface area (Å²) in [6.07, 6.45) is 26.4. The van der Waals surface area contributed by atoms with Gasteiger partial charge in [0, 0.05) is 11.9 Å². The first-order valence-corrected chi connectivity index (χ1v) is 14.1. The van der Waals surface area contributed by atoms with Gasteiger partial charge in [0.1, 0.15) is 0 Å². The molecule has 0 saturated heterocycles. The normalized spacial score (nSPS) is 11.3. The smallest absolute Gasteiger partial charge is 0.195 e. The van der Waals surface area contributed by atoms with E-state index in [9.17, 15) is 13.2 Å². The van der Waals surface area contributed by atoms with Gasteiger partial charge in [0.25, 0.3) is 0 Å². The molecule has 1 heterocycles. The van der Waals surface area contributed by atoms with Crippen molar-refractivity contribution in [2.24, 2.45) is 0 Å². The van der Waals surface area contributed by atoms with E-state index in [1.807, 2.05) is 0 Å². The average Bonchev–Trinajstić information content (AvgIpc) is 2.87. The zero-order valence-corrected chi connectivity index (χ0v) is 21.8. The van der Waals surface area contributed by atoms with Crippen LogP contribution < -0.4 is 0 Å². The number of nitrogens with zero attached hydrogens (tertiary/aromatic N) is 2. The summed E-state index contributed by atoms with van der Waals surface area (Å²) in [6.45, 7) is 2.27. The third kappa shape index (κ3) is 12.1. The van der Waals surface area contributed by atoms with E-state index in [4.69, 9.17) is 0 Å². The molecular formula is C30H45F3N2. The van der Waals surface area contributed by atoms with Gasteiger partial charge in [-0.25, -0.2) is 23.1 Å². The van der Waals surface area contributed by atoms with Gasteiger partial charge in [-0.1, -0.05) is 116 Å². The van der Waals surface area contributed by atoms with Crippen molar-refractivity contribution >= 4 is 0 Å². The maximum Gasteiger partial charge on any atom is 0.195 e. The fourth-order valence-electron chi connectivity index (χ4n) is 4.57. The summed E-state index contributed by atoms with van der Waals surface area (Å²) in [4.78, 5) is 8.38. The predicted molar refractivity (Wildman–Crippen MR) is 140 cm³/mol. The highest BCUT2D eigenvalue weighted by Crippen LogP contribution is 2.23. The molecule has 1 aromatic carbocycles. The molecule has 196 valence electrons. The lowest BCUT2D eigenvalue weighted by Crippen LogP contribution is -2.00. The maximum absolute atomic E-state index is 14.0. The van der Waals surface area contributed by atoms with Gasteiger partial charge in [-0.05, 0) is 31.0 Å². The Morgan fingerprint density at radius 1 is 0.571 bits per heavy atom. The number of unbranched alkanes of at least 4 members (excludes halogenated alkanes) is 17. The van der Waals surface area contributed by atoms with Crippen molar-refractivity contribution in [3.05, 3.63) is 47.5 Å². The molecule has 0 aliphatic heterocycles. The van der Waals surface area contributed by atoms with Crippen molar-refractivity contribution in [3.63, 3.8) is 0 Å². The molecule has 0 amide bonds. The lowest BCUT2D eigenvalue weighted by atomic mass is 10.0. The fourth-order valence-corrected chi connectivity index (χ4v) is 4.57. The first kappa shape index (κ1) is 29.3. The molecule has 0 spiro atoms. The van der Waals surface area contributed by atoms with Crippen LogP contribution in [0.15, 0.2) is 24.4 Å². The number of halogens is 3. The minimum atomic E-state index is -1.49. The Kier molecular flexibility index (Phi) is 15.4. The summed E-state index contributed by atoms with van der Waals surface area (Å²) >= 11 is 0. The van der Waals surface area contributed by atoms with E-state index in [0.29, 0.717) is 0 Å². The Morgan fingerprint density at radius 2 is 1.06 bits per heavy atom. The lowest BCUT2D eigenvalue weighted by Gasteiger charge is -2.06. The van der Waals surface area contributed by atoms with Gasteiger partial charge in [-0.3, -0.25) is 0 Å². The Morgan fingerprint density at radius 3 is 1.57 bits per heavy atom. The zero-order valence-electron chi connectivity index (χ0n) is 21.8. The third-order valence-corrected chi connectivity index (χ3v) is 6.78. The molecule has 0 saturated carbocycles. The molecule has 0 aliphatic rings. The number of hydrogen-bond donors (Lipinski definition) is 0. The topological polar surface area (TPSA) is 25.8 Å². The molecule has 1 aromatic heterocycles. The number of rotatable bonds is 20. The standard InChI is InChI=1S/C30H45F3N2/c1-2-3-4-5-6-7-8-9-10-11-12-13-14-15-16-17-18-19-20-25-23-24-34-30(35-25)26-21-22-27(31)29(33)28(26)32/h21-24H,2-20H2,1H3. The second-order valence-corrected chi connectivity index (χ2v) is 9.85. The summed E-state index contributed by atoms with van der Waals surface area (Å²) in [5.74, 6) is -3.84. The molecule has 35 heavy (non-hydrogen) atoms. The summed E-state index contributed by atoms with van der Waals surface area (Å²) in [5, 5.41) is 0. The molecule has 0 unspecified atom stereocenters. The van der Waals surface area contributed by atoms with Gasteiger partial charge in [0.2, 0.25) is 0 Å². The third-order valence-electron chi connectivity index (χ3n) is 6.78. The van der Waals surface area contributed by atoms with Crippen LogP contribution in [0.4, 0.5) is 13.2 Å². The molecule has 0 fully saturated rings. The van der Waals surface area contributed by atoms with E-state index in [0.717, 1.165) is 31.0 Å². The van der Waals surface area contributed by atoms with Crippen molar-refractivity contribution in [1.82, 2.24) is 9.97 Å². The van der Waals surface area contributed by atoms with Crippen LogP contribution in [0, 0.1) is 17.5 Å². The molecule has 0 atom stereocenters. The van der Waals surface area contributed by atoms with Crippen LogP contribution in [0.2, 0.25) is 0 Å². The minimum Gasteiger partial charge on any atom is -0.236 e. The second-order valence-electron chi connectivity index (χ2n) is 9.85. The van der Waals surface area contributed by atoms with Gasteiger partial charge in [0.15, 0.2) is 23.3 Å². The average molecular weight is 491 g/mol.